The zero-order valence-electron chi connectivity index (χ0n) is 15.2. The molecule has 0 heterocycles. The minimum Gasteiger partial charge on any atom is -0.266 e. The van der Waals surface area contributed by atoms with E-state index in [0.29, 0.717) is 5.92 Å². The predicted molar refractivity (Wildman–Crippen MR) is 102 cm³/mol. The Labute approximate surface area is 142 Å². The first-order valence-electron chi connectivity index (χ1n) is 9.45. The first-order valence-corrected chi connectivity index (χ1v) is 9.45. The molecule has 0 spiro atoms. The van der Waals surface area contributed by atoms with E-state index in [1.165, 1.54) is 62.6 Å². The van der Waals surface area contributed by atoms with E-state index >= 15 is 0 Å². The summed E-state index contributed by atoms with van der Waals surface area (Å²) in [5, 5.41) is 0. The van der Waals surface area contributed by atoms with Gasteiger partial charge in [0, 0.05) is 11.9 Å². The van der Waals surface area contributed by atoms with Crippen molar-refractivity contribution in [3.05, 3.63) is 47.7 Å². The molecule has 1 fully saturated rings. The molecule has 0 aromatic heterocycles. The second-order valence-electron chi connectivity index (χ2n) is 7.24. The Morgan fingerprint density at radius 1 is 1.30 bits per heavy atom. The van der Waals surface area contributed by atoms with Gasteiger partial charge in [-0.3, -0.25) is 4.99 Å². The van der Waals surface area contributed by atoms with Crippen LogP contribution in [-0.4, -0.2) is 5.71 Å². The van der Waals surface area contributed by atoms with Crippen LogP contribution in [0, 0.1) is 11.8 Å². The highest BCUT2D eigenvalue weighted by molar-refractivity contribution is 5.84. The molecule has 1 nitrogen and oxygen atoms in total. The van der Waals surface area contributed by atoms with E-state index in [0.717, 1.165) is 5.92 Å². The minimum atomic E-state index is 0.636. The third kappa shape index (κ3) is 6.33. The first-order chi connectivity index (χ1) is 11.2. The molecule has 0 bridgehead atoms. The maximum Gasteiger partial charge on any atom is 0.0259 e. The van der Waals surface area contributed by atoms with Crippen LogP contribution in [0.3, 0.4) is 0 Å². The minimum absolute atomic E-state index is 0.636. The van der Waals surface area contributed by atoms with Crippen LogP contribution in [0.25, 0.3) is 0 Å². The quantitative estimate of drug-likeness (QED) is 0.504. The fraction of sp³-hybridized carbons (Fsp3) is 0.591. The fourth-order valence-corrected chi connectivity index (χ4v) is 3.65. The number of aryl methyl sites for hydroxylation is 1. The SMILES string of the molecule is CCC(CCCc1ccccc1)/C(C)=N/C=C1/CCCC(C)C1. The molecule has 1 aliphatic rings. The molecule has 1 saturated carbocycles. The van der Waals surface area contributed by atoms with Gasteiger partial charge in [-0.15, -0.1) is 0 Å². The van der Waals surface area contributed by atoms with E-state index in [1.807, 2.05) is 0 Å². The maximum atomic E-state index is 4.83. The van der Waals surface area contributed by atoms with Crippen molar-refractivity contribution < 1.29 is 0 Å². The van der Waals surface area contributed by atoms with Crippen LogP contribution in [0.5, 0.6) is 0 Å². The van der Waals surface area contributed by atoms with E-state index in [4.69, 9.17) is 4.99 Å². The third-order valence-corrected chi connectivity index (χ3v) is 5.20. The van der Waals surface area contributed by atoms with E-state index in [-0.39, 0.29) is 0 Å². The summed E-state index contributed by atoms with van der Waals surface area (Å²) >= 11 is 0. The molecule has 0 aliphatic heterocycles. The highest BCUT2D eigenvalue weighted by atomic mass is 14.7. The number of hydrogen-bond donors (Lipinski definition) is 0. The number of allylic oxidation sites excluding steroid dienone is 1. The molecule has 0 amide bonds. The molecule has 2 unspecified atom stereocenters. The zero-order chi connectivity index (χ0) is 16.5. The Hall–Kier alpha value is -1.37. The second-order valence-corrected chi connectivity index (χ2v) is 7.24. The van der Waals surface area contributed by atoms with Crippen molar-refractivity contribution in [1.29, 1.82) is 0 Å². The number of benzene rings is 1. The molecule has 1 aromatic rings. The third-order valence-electron chi connectivity index (χ3n) is 5.20. The maximum absolute atomic E-state index is 4.83. The van der Waals surface area contributed by atoms with Gasteiger partial charge >= 0.3 is 0 Å². The van der Waals surface area contributed by atoms with Crippen LogP contribution in [0.15, 0.2) is 47.1 Å². The lowest BCUT2D eigenvalue weighted by atomic mass is 9.87. The van der Waals surface area contributed by atoms with Crippen molar-refractivity contribution in [3.8, 4) is 0 Å². The molecule has 1 aliphatic carbocycles. The molecule has 0 saturated heterocycles. The van der Waals surface area contributed by atoms with Crippen LogP contribution in [0.1, 0.15) is 71.3 Å². The summed E-state index contributed by atoms with van der Waals surface area (Å²) in [6.45, 7) is 6.88. The molecule has 2 atom stereocenters. The van der Waals surface area contributed by atoms with Crippen LogP contribution in [0.2, 0.25) is 0 Å². The molecular weight excluding hydrogens is 278 g/mol. The molecule has 1 aromatic carbocycles. The van der Waals surface area contributed by atoms with Crippen LogP contribution in [0.4, 0.5) is 0 Å². The second kappa shape index (κ2) is 9.70. The average molecular weight is 312 g/mol. The van der Waals surface area contributed by atoms with Gasteiger partial charge in [0.05, 0.1) is 0 Å². The molecule has 2 rings (SSSR count). The lowest BCUT2D eigenvalue weighted by Crippen LogP contribution is -2.11. The smallest absolute Gasteiger partial charge is 0.0259 e. The topological polar surface area (TPSA) is 12.4 Å². The van der Waals surface area contributed by atoms with Gasteiger partial charge in [0.25, 0.3) is 0 Å². The fourth-order valence-electron chi connectivity index (χ4n) is 3.65. The number of aliphatic imine (C=N–C) groups is 1. The Kier molecular flexibility index (Phi) is 7.58. The summed E-state index contributed by atoms with van der Waals surface area (Å²) in [4.78, 5) is 4.83. The standard InChI is InChI=1S/C22H33N/c1-4-22(15-9-13-20-11-6-5-7-12-20)19(3)23-17-21-14-8-10-18(2)16-21/h5-7,11-12,17-18,22H,4,8-10,13-16H2,1-3H3/b21-17-,23-19+. The van der Waals surface area contributed by atoms with Crippen molar-refractivity contribution >= 4 is 5.71 Å². The van der Waals surface area contributed by atoms with Crippen LogP contribution in [-0.2, 0) is 6.42 Å². The molecule has 0 radical (unpaired) electrons. The zero-order valence-corrected chi connectivity index (χ0v) is 15.2. The van der Waals surface area contributed by atoms with Crippen molar-refractivity contribution in [2.45, 2.75) is 72.1 Å². The van der Waals surface area contributed by atoms with Gasteiger partial charge in [0.2, 0.25) is 0 Å². The summed E-state index contributed by atoms with van der Waals surface area (Å²) < 4.78 is 0. The van der Waals surface area contributed by atoms with E-state index in [9.17, 15) is 0 Å². The van der Waals surface area contributed by atoms with Gasteiger partial charge in [-0.05, 0) is 69.3 Å². The largest absolute Gasteiger partial charge is 0.266 e. The number of nitrogens with zero attached hydrogens (tertiary/aromatic N) is 1. The van der Waals surface area contributed by atoms with Crippen LogP contribution >= 0.6 is 0 Å². The normalized spacial score (nSPS) is 22.3. The van der Waals surface area contributed by atoms with Crippen LogP contribution < -0.4 is 0 Å². The monoisotopic (exact) mass is 311 g/mol. The van der Waals surface area contributed by atoms with Gasteiger partial charge in [0.1, 0.15) is 0 Å². The van der Waals surface area contributed by atoms with E-state index in [2.05, 4.69) is 57.3 Å². The summed E-state index contributed by atoms with van der Waals surface area (Å²) in [5.41, 5.74) is 4.34. The Morgan fingerprint density at radius 3 is 2.78 bits per heavy atom. The molecule has 126 valence electrons. The van der Waals surface area contributed by atoms with Gasteiger partial charge in [-0.2, -0.15) is 0 Å². The summed E-state index contributed by atoms with van der Waals surface area (Å²) in [6, 6.07) is 10.8. The van der Waals surface area contributed by atoms with Gasteiger partial charge in [-0.25, -0.2) is 0 Å². The first kappa shape index (κ1) is 18.0. The lowest BCUT2D eigenvalue weighted by molar-refractivity contribution is 0.452. The number of rotatable bonds is 7. The van der Waals surface area contributed by atoms with Crippen molar-refractivity contribution in [2.75, 3.05) is 0 Å². The van der Waals surface area contributed by atoms with Crippen molar-refractivity contribution in [1.82, 2.24) is 0 Å². The van der Waals surface area contributed by atoms with Gasteiger partial charge in [-0.1, -0.05) is 56.2 Å². The van der Waals surface area contributed by atoms with Crippen molar-refractivity contribution in [2.24, 2.45) is 16.8 Å². The molecule has 23 heavy (non-hydrogen) atoms. The average Bonchev–Trinajstić information content (AvgIpc) is 2.58. The summed E-state index contributed by atoms with van der Waals surface area (Å²) in [7, 11) is 0. The highest BCUT2D eigenvalue weighted by Crippen LogP contribution is 2.28. The van der Waals surface area contributed by atoms with E-state index < -0.39 is 0 Å². The van der Waals surface area contributed by atoms with Gasteiger partial charge in [0.15, 0.2) is 0 Å². The predicted octanol–water partition coefficient (Wildman–Crippen LogP) is 6.59. The highest BCUT2D eigenvalue weighted by Gasteiger charge is 2.13. The summed E-state index contributed by atoms with van der Waals surface area (Å²) in [5.74, 6) is 1.48. The summed E-state index contributed by atoms with van der Waals surface area (Å²) in [6.07, 6.45) is 12.3. The molecular formula is C22H33N. The number of hydrogen-bond acceptors (Lipinski definition) is 1. The Balaban J connectivity index is 1.83. The van der Waals surface area contributed by atoms with Gasteiger partial charge < -0.3 is 0 Å². The van der Waals surface area contributed by atoms with Crippen molar-refractivity contribution in [3.63, 3.8) is 0 Å². The Morgan fingerprint density at radius 2 is 2.09 bits per heavy atom. The Bertz CT molecular complexity index is 512. The molecule has 0 N–H and O–H groups in total. The van der Waals surface area contributed by atoms with E-state index in [1.54, 1.807) is 5.57 Å². The molecule has 1 heteroatoms. The lowest BCUT2D eigenvalue weighted by Gasteiger charge is -2.20.